The number of fused-ring (bicyclic) bond motifs is 2. The molecule has 0 heterocycles. The Morgan fingerprint density at radius 1 is 0.966 bits per heavy atom. The molecular formula is C20H21N2O6S-. The highest BCUT2D eigenvalue weighted by molar-refractivity contribution is 7.86. The minimum absolute atomic E-state index is 0.0908. The molecule has 0 spiro atoms. The third-order valence-electron chi connectivity index (χ3n) is 4.85. The number of carbonyl (C=O) groups is 2. The summed E-state index contributed by atoms with van der Waals surface area (Å²) in [5, 5.41) is 11.7. The highest BCUT2D eigenvalue weighted by Gasteiger charge is 2.35. The van der Waals surface area contributed by atoms with Gasteiger partial charge in [0.1, 0.15) is 10.1 Å². The second kappa shape index (κ2) is 8.32. The number of unbranched alkanes of at least 4 members (excludes halogenated alkanes) is 3. The molecular weight excluding hydrogens is 396 g/mol. The average Bonchev–Trinajstić information content (AvgIpc) is 2.68. The molecule has 0 radical (unpaired) electrons. The van der Waals surface area contributed by atoms with Gasteiger partial charge in [0.2, 0.25) is 0 Å². The maximum absolute atomic E-state index is 13.1. The van der Waals surface area contributed by atoms with Crippen LogP contribution in [0.1, 0.15) is 57.5 Å². The Balaban J connectivity index is 2.09. The molecule has 0 aliphatic heterocycles. The number of anilines is 2. The molecule has 0 aromatic heterocycles. The Bertz CT molecular complexity index is 1080. The fourth-order valence-corrected chi connectivity index (χ4v) is 4.17. The van der Waals surface area contributed by atoms with Crippen LogP contribution in [-0.4, -0.2) is 42.8 Å². The maximum atomic E-state index is 13.1. The third kappa shape index (κ3) is 4.02. The number of hydrogen-bond acceptors (Lipinski definition) is 8. The number of ketones is 2. The van der Waals surface area contributed by atoms with Gasteiger partial charge in [0.05, 0.1) is 21.7 Å². The molecule has 9 heteroatoms. The summed E-state index contributed by atoms with van der Waals surface area (Å²) in [6.07, 6.45) is 2.83. The lowest BCUT2D eigenvalue weighted by atomic mass is 9.82. The van der Waals surface area contributed by atoms with Gasteiger partial charge in [-0.05, 0) is 18.9 Å². The molecule has 1 aliphatic rings. The van der Waals surface area contributed by atoms with E-state index in [0.717, 1.165) is 18.9 Å². The SMILES string of the molecule is Nc1cc(S(=O)(=O)[O-])c(NCCCCCCO)c2c1C(=O)c1ccccc1C2=O. The fraction of sp³-hybridized carbons (Fsp3) is 0.300. The van der Waals surface area contributed by atoms with Crippen LogP contribution in [-0.2, 0) is 10.1 Å². The molecule has 0 amide bonds. The zero-order chi connectivity index (χ0) is 21.2. The number of nitrogen functional groups attached to an aromatic ring is 1. The van der Waals surface area contributed by atoms with E-state index in [4.69, 9.17) is 10.8 Å². The van der Waals surface area contributed by atoms with Crippen LogP contribution in [0.3, 0.4) is 0 Å². The second-order valence-corrected chi connectivity index (χ2v) is 8.16. The van der Waals surface area contributed by atoms with Crippen molar-refractivity contribution in [1.29, 1.82) is 0 Å². The lowest BCUT2D eigenvalue weighted by Crippen LogP contribution is -2.25. The van der Waals surface area contributed by atoms with Gasteiger partial charge in [-0.25, -0.2) is 8.42 Å². The van der Waals surface area contributed by atoms with Gasteiger partial charge in [-0.2, -0.15) is 0 Å². The molecule has 0 bridgehead atoms. The number of aliphatic hydroxyl groups is 1. The van der Waals surface area contributed by atoms with Crippen LogP contribution >= 0.6 is 0 Å². The molecule has 29 heavy (non-hydrogen) atoms. The van der Waals surface area contributed by atoms with Gasteiger partial charge < -0.3 is 20.7 Å². The van der Waals surface area contributed by atoms with Crippen LogP contribution in [0.4, 0.5) is 11.4 Å². The minimum Gasteiger partial charge on any atom is -0.744 e. The van der Waals surface area contributed by atoms with Crippen molar-refractivity contribution >= 4 is 33.1 Å². The molecule has 8 nitrogen and oxygen atoms in total. The molecule has 0 unspecified atom stereocenters. The van der Waals surface area contributed by atoms with Gasteiger partial charge in [0.15, 0.2) is 11.6 Å². The van der Waals surface area contributed by atoms with Gasteiger partial charge in [-0.3, -0.25) is 9.59 Å². The van der Waals surface area contributed by atoms with Crippen molar-refractivity contribution in [1.82, 2.24) is 0 Å². The molecule has 0 saturated heterocycles. The van der Waals surface area contributed by atoms with Crippen molar-refractivity contribution in [2.24, 2.45) is 0 Å². The zero-order valence-electron chi connectivity index (χ0n) is 15.6. The topological polar surface area (TPSA) is 150 Å². The summed E-state index contributed by atoms with van der Waals surface area (Å²) in [5.41, 5.74) is 5.54. The average molecular weight is 417 g/mol. The van der Waals surface area contributed by atoms with Crippen molar-refractivity contribution in [2.75, 3.05) is 24.2 Å². The van der Waals surface area contributed by atoms with E-state index in [2.05, 4.69) is 5.32 Å². The van der Waals surface area contributed by atoms with Crippen LogP contribution in [0.2, 0.25) is 0 Å². The van der Waals surface area contributed by atoms with E-state index in [0.29, 0.717) is 12.8 Å². The normalized spacial score (nSPS) is 13.2. The molecule has 3 rings (SSSR count). The Morgan fingerprint density at radius 2 is 1.55 bits per heavy atom. The van der Waals surface area contributed by atoms with Gasteiger partial charge in [-0.15, -0.1) is 0 Å². The number of aliphatic hydroxyl groups excluding tert-OH is 1. The quantitative estimate of drug-likeness (QED) is 0.286. The van der Waals surface area contributed by atoms with E-state index >= 15 is 0 Å². The first-order valence-electron chi connectivity index (χ1n) is 9.23. The Morgan fingerprint density at radius 3 is 2.14 bits per heavy atom. The monoisotopic (exact) mass is 417 g/mol. The number of benzene rings is 2. The summed E-state index contributed by atoms with van der Waals surface area (Å²) >= 11 is 0. The van der Waals surface area contributed by atoms with Crippen molar-refractivity contribution < 1.29 is 27.7 Å². The maximum Gasteiger partial charge on any atom is 0.196 e. The molecule has 154 valence electrons. The number of nitrogens with two attached hydrogens (primary N) is 1. The van der Waals surface area contributed by atoms with Gasteiger partial charge in [0, 0.05) is 30.0 Å². The smallest absolute Gasteiger partial charge is 0.196 e. The summed E-state index contributed by atoms with van der Waals surface area (Å²) in [6.45, 7) is 0.376. The van der Waals surface area contributed by atoms with Crippen LogP contribution in [0, 0.1) is 0 Å². The summed E-state index contributed by atoms with van der Waals surface area (Å²) < 4.78 is 35.5. The lowest BCUT2D eigenvalue weighted by molar-refractivity contribution is 0.0980. The predicted octanol–water partition coefficient (Wildman–Crippen LogP) is 1.91. The first-order valence-corrected chi connectivity index (χ1v) is 10.6. The number of rotatable bonds is 8. The van der Waals surface area contributed by atoms with E-state index in [-0.39, 0.29) is 46.8 Å². The van der Waals surface area contributed by atoms with Crippen molar-refractivity contribution in [2.45, 2.75) is 30.6 Å². The summed E-state index contributed by atoms with van der Waals surface area (Å²) in [6, 6.07) is 7.14. The summed E-state index contributed by atoms with van der Waals surface area (Å²) in [4.78, 5) is 25.4. The van der Waals surface area contributed by atoms with Gasteiger partial charge in [0.25, 0.3) is 0 Å². The third-order valence-corrected chi connectivity index (χ3v) is 5.71. The van der Waals surface area contributed by atoms with E-state index in [1.54, 1.807) is 12.1 Å². The van der Waals surface area contributed by atoms with Crippen LogP contribution in [0.15, 0.2) is 35.2 Å². The minimum atomic E-state index is -4.95. The van der Waals surface area contributed by atoms with Crippen molar-refractivity contribution in [3.63, 3.8) is 0 Å². The Hall–Kier alpha value is -2.75. The number of carbonyl (C=O) groups excluding carboxylic acids is 2. The molecule has 0 saturated carbocycles. The Labute approximate surface area is 168 Å². The molecule has 2 aromatic rings. The van der Waals surface area contributed by atoms with E-state index < -0.39 is 26.6 Å². The van der Waals surface area contributed by atoms with E-state index in [9.17, 15) is 22.6 Å². The second-order valence-electron chi connectivity index (χ2n) is 6.81. The highest BCUT2D eigenvalue weighted by Crippen LogP contribution is 2.39. The standard InChI is InChI=1S/C20H22N2O6S/c21-14-11-15(29(26,27)28)18(22-9-5-1-2-6-10-23)17-16(14)19(24)12-7-3-4-8-13(12)20(17)25/h3-4,7-8,11,22-23H,1-2,5-6,9-10,21H2,(H,26,27,28)/p-1. The van der Waals surface area contributed by atoms with Crippen LogP contribution in [0.25, 0.3) is 0 Å². The van der Waals surface area contributed by atoms with Crippen LogP contribution < -0.4 is 11.1 Å². The van der Waals surface area contributed by atoms with Crippen molar-refractivity contribution in [3.8, 4) is 0 Å². The molecule has 1 aliphatic carbocycles. The Kier molecular flexibility index (Phi) is 6.02. The summed E-state index contributed by atoms with van der Waals surface area (Å²) in [5.74, 6) is -1.05. The number of hydrogen-bond donors (Lipinski definition) is 3. The molecule has 2 aromatic carbocycles. The molecule has 0 atom stereocenters. The number of nitrogens with one attached hydrogen (secondary N) is 1. The highest BCUT2D eigenvalue weighted by atomic mass is 32.2. The fourth-order valence-electron chi connectivity index (χ4n) is 3.47. The van der Waals surface area contributed by atoms with E-state index in [1.807, 2.05) is 0 Å². The largest absolute Gasteiger partial charge is 0.744 e. The molecule has 4 N–H and O–H groups in total. The van der Waals surface area contributed by atoms with E-state index in [1.165, 1.54) is 12.1 Å². The summed E-state index contributed by atoms with van der Waals surface area (Å²) in [7, 11) is -4.95. The van der Waals surface area contributed by atoms with Crippen LogP contribution in [0.5, 0.6) is 0 Å². The predicted molar refractivity (Wildman–Crippen MR) is 106 cm³/mol. The lowest BCUT2D eigenvalue weighted by Gasteiger charge is -2.25. The van der Waals surface area contributed by atoms with Crippen molar-refractivity contribution in [3.05, 3.63) is 52.6 Å². The van der Waals surface area contributed by atoms with Gasteiger partial charge in [-0.1, -0.05) is 37.1 Å². The van der Waals surface area contributed by atoms with Gasteiger partial charge >= 0.3 is 0 Å². The first kappa shape index (κ1) is 21.0. The first-order chi connectivity index (χ1) is 13.8. The molecule has 0 fully saturated rings. The zero-order valence-corrected chi connectivity index (χ0v) is 16.4.